The number of hydrogen-bond acceptors (Lipinski definition) is 3. The van der Waals surface area contributed by atoms with Gasteiger partial charge in [-0.1, -0.05) is 12.1 Å². The molecular weight excluding hydrogens is 195 g/mol. The molecule has 0 atom stereocenters. The van der Waals surface area contributed by atoms with E-state index in [-0.39, 0.29) is 5.82 Å². The van der Waals surface area contributed by atoms with Gasteiger partial charge in [0.25, 0.3) is 0 Å². The predicted molar refractivity (Wildman–Crippen MR) is 53.6 cm³/mol. The van der Waals surface area contributed by atoms with E-state index in [4.69, 9.17) is 10.2 Å². The van der Waals surface area contributed by atoms with Crippen LogP contribution < -0.4 is 5.73 Å². The van der Waals surface area contributed by atoms with Crippen LogP contribution in [0.2, 0.25) is 0 Å². The maximum atomic E-state index is 12.6. The van der Waals surface area contributed by atoms with Crippen LogP contribution in [0.5, 0.6) is 0 Å². The van der Waals surface area contributed by atoms with Crippen molar-refractivity contribution in [1.82, 2.24) is 4.98 Å². The second-order valence-corrected chi connectivity index (χ2v) is 3.24. The van der Waals surface area contributed by atoms with Crippen LogP contribution >= 0.6 is 0 Å². The highest BCUT2D eigenvalue weighted by atomic mass is 19.1. The second-order valence-electron chi connectivity index (χ2n) is 3.24. The highest BCUT2D eigenvalue weighted by Gasteiger charge is 2.03. The summed E-state index contributed by atoms with van der Waals surface area (Å²) in [6.45, 7) is 0.368. The fraction of sp³-hybridized carbons (Fsp3) is 0.182. The smallest absolute Gasteiger partial charge is 0.198 e. The lowest BCUT2D eigenvalue weighted by molar-refractivity contribution is 0.506. The molecule has 2 N–H and O–H groups in total. The summed E-state index contributed by atoms with van der Waals surface area (Å²) in [6, 6.07) is 6.26. The van der Waals surface area contributed by atoms with Gasteiger partial charge in [0.2, 0.25) is 0 Å². The van der Waals surface area contributed by atoms with Gasteiger partial charge < -0.3 is 10.2 Å². The Kier molecular flexibility index (Phi) is 2.78. The molecule has 0 saturated carbocycles. The van der Waals surface area contributed by atoms with Crippen LogP contribution in [-0.4, -0.2) is 4.98 Å². The Labute approximate surface area is 86.7 Å². The number of rotatable bonds is 3. The van der Waals surface area contributed by atoms with E-state index in [1.807, 2.05) is 0 Å². The molecule has 2 rings (SSSR count). The second kappa shape index (κ2) is 4.23. The van der Waals surface area contributed by atoms with Crippen molar-refractivity contribution in [1.29, 1.82) is 0 Å². The molecule has 0 radical (unpaired) electrons. The number of benzene rings is 1. The fourth-order valence-corrected chi connectivity index (χ4v) is 1.30. The first-order valence-corrected chi connectivity index (χ1v) is 4.65. The van der Waals surface area contributed by atoms with Crippen molar-refractivity contribution in [3.8, 4) is 0 Å². The lowest BCUT2D eigenvalue weighted by Crippen LogP contribution is -1.96. The number of oxazole rings is 1. The molecule has 0 fully saturated rings. The fourth-order valence-electron chi connectivity index (χ4n) is 1.30. The Hall–Kier alpha value is -1.68. The Morgan fingerprint density at radius 2 is 2.00 bits per heavy atom. The number of nitrogens with zero attached hydrogens (tertiary/aromatic N) is 1. The minimum Gasteiger partial charge on any atom is -0.448 e. The maximum Gasteiger partial charge on any atom is 0.198 e. The number of aromatic nitrogens is 1. The topological polar surface area (TPSA) is 52.0 Å². The summed E-state index contributed by atoms with van der Waals surface area (Å²) < 4.78 is 17.8. The highest BCUT2D eigenvalue weighted by molar-refractivity contribution is 5.19. The van der Waals surface area contributed by atoms with Gasteiger partial charge >= 0.3 is 0 Å². The van der Waals surface area contributed by atoms with E-state index in [0.717, 1.165) is 11.3 Å². The zero-order chi connectivity index (χ0) is 10.7. The molecule has 1 aromatic heterocycles. The van der Waals surface area contributed by atoms with Gasteiger partial charge in [-0.05, 0) is 17.7 Å². The molecule has 2 aromatic rings. The summed E-state index contributed by atoms with van der Waals surface area (Å²) in [7, 11) is 0. The molecule has 0 unspecified atom stereocenters. The molecule has 1 aromatic carbocycles. The summed E-state index contributed by atoms with van der Waals surface area (Å²) in [6.07, 6.45) is 2.10. The third kappa shape index (κ3) is 2.41. The van der Waals surface area contributed by atoms with Crippen LogP contribution in [0.15, 0.2) is 34.9 Å². The SMILES string of the molecule is NCc1coc(Cc2ccc(F)cc2)n1. The van der Waals surface area contributed by atoms with Gasteiger partial charge in [-0.2, -0.15) is 0 Å². The minimum absolute atomic E-state index is 0.242. The third-order valence-corrected chi connectivity index (χ3v) is 2.08. The van der Waals surface area contributed by atoms with Crippen LogP contribution in [0, 0.1) is 5.82 Å². The normalized spacial score (nSPS) is 10.5. The lowest BCUT2D eigenvalue weighted by Gasteiger charge is -1.96. The van der Waals surface area contributed by atoms with Crippen LogP contribution in [0.1, 0.15) is 17.1 Å². The Balaban J connectivity index is 2.11. The Morgan fingerprint density at radius 3 is 2.60 bits per heavy atom. The van der Waals surface area contributed by atoms with E-state index < -0.39 is 0 Å². The van der Waals surface area contributed by atoms with Crippen LogP contribution in [-0.2, 0) is 13.0 Å². The number of hydrogen-bond donors (Lipinski definition) is 1. The van der Waals surface area contributed by atoms with Gasteiger partial charge in [-0.25, -0.2) is 9.37 Å². The van der Waals surface area contributed by atoms with Gasteiger partial charge in [0, 0.05) is 13.0 Å². The number of nitrogens with two attached hydrogens (primary N) is 1. The van der Waals surface area contributed by atoms with E-state index in [9.17, 15) is 4.39 Å². The van der Waals surface area contributed by atoms with Gasteiger partial charge in [0.05, 0.1) is 5.69 Å². The molecule has 15 heavy (non-hydrogen) atoms. The zero-order valence-electron chi connectivity index (χ0n) is 8.11. The molecule has 4 heteroatoms. The quantitative estimate of drug-likeness (QED) is 0.833. The van der Waals surface area contributed by atoms with Crippen molar-refractivity contribution in [2.75, 3.05) is 0 Å². The van der Waals surface area contributed by atoms with Gasteiger partial charge in [0.15, 0.2) is 5.89 Å². The van der Waals surface area contributed by atoms with Crippen molar-refractivity contribution in [3.63, 3.8) is 0 Å². The lowest BCUT2D eigenvalue weighted by atomic mass is 10.1. The van der Waals surface area contributed by atoms with Crippen molar-refractivity contribution in [2.45, 2.75) is 13.0 Å². The van der Waals surface area contributed by atoms with Crippen molar-refractivity contribution < 1.29 is 8.81 Å². The molecule has 0 spiro atoms. The molecule has 0 aliphatic rings. The van der Waals surface area contributed by atoms with Crippen molar-refractivity contribution in [3.05, 3.63) is 53.5 Å². The van der Waals surface area contributed by atoms with E-state index in [1.165, 1.54) is 12.1 Å². The first kappa shape index (κ1) is 9.86. The van der Waals surface area contributed by atoms with E-state index in [0.29, 0.717) is 18.9 Å². The molecule has 0 aliphatic heterocycles. The first-order chi connectivity index (χ1) is 7.28. The number of halogens is 1. The largest absolute Gasteiger partial charge is 0.448 e. The van der Waals surface area contributed by atoms with Crippen LogP contribution in [0.3, 0.4) is 0 Å². The van der Waals surface area contributed by atoms with E-state index in [2.05, 4.69) is 4.98 Å². The maximum absolute atomic E-state index is 12.6. The zero-order valence-corrected chi connectivity index (χ0v) is 8.11. The summed E-state index contributed by atoms with van der Waals surface area (Å²) in [5.74, 6) is 0.357. The van der Waals surface area contributed by atoms with Crippen LogP contribution in [0.4, 0.5) is 4.39 Å². The first-order valence-electron chi connectivity index (χ1n) is 4.65. The average Bonchev–Trinajstić information content (AvgIpc) is 2.69. The molecule has 3 nitrogen and oxygen atoms in total. The van der Waals surface area contributed by atoms with E-state index in [1.54, 1.807) is 18.4 Å². The predicted octanol–water partition coefficient (Wildman–Crippen LogP) is 1.86. The van der Waals surface area contributed by atoms with Gasteiger partial charge in [-0.15, -0.1) is 0 Å². The third-order valence-electron chi connectivity index (χ3n) is 2.08. The van der Waals surface area contributed by atoms with E-state index >= 15 is 0 Å². The highest BCUT2D eigenvalue weighted by Crippen LogP contribution is 2.10. The molecular formula is C11H11FN2O. The average molecular weight is 206 g/mol. The Bertz CT molecular complexity index is 436. The minimum atomic E-state index is -0.242. The molecule has 1 heterocycles. The Morgan fingerprint density at radius 1 is 1.27 bits per heavy atom. The molecule has 78 valence electrons. The summed E-state index contributed by atoms with van der Waals surface area (Å²) in [5.41, 5.74) is 7.09. The molecule has 0 saturated heterocycles. The monoisotopic (exact) mass is 206 g/mol. The molecule has 0 aliphatic carbocycles. The summed E-state index contributed by atoms with van der Waals surface area (Å²) >= 11 is 0. The van der Waals surface area contributed by atoms with Gasteiger partial charge in [0.1, 0.15) is 12.1 Å². The molecule has 0 amide bonds. The standard InChI is InChI=1S/C11H11FN2O/c12-9-3-1-8(2-4-9)5-11-14-10(6-13)7-15-11/h1-4,7H,5-6,13H2. The van der Waals surface area contributed by atoms with Crippen molar-refractivity contribution in [2.24, 2.45) is 5.73 Å². The van der Waals surface area contributed by atoms with Gasteiger partial charge in [-0.3, -0.25) is 0 Å². The summed E-state index contributed by atoms with van der Waals surface area (Å²) in [5, 5.41) is 0. The van der Waals surface area contributed by atoms with Crippen LogP contribution in [0.25, 0.3) is 0 Å². The summed E-state index contributed by atoms with van der Waals surface area (Å²) in [4.78, 5) is 4.16. The van der Waals surface area contributed by atoms with Crippen molar-refractivity contribution >= 4 is 0 Å². The molecule has 0 bridgehead atoms.